The third-order valence-corrected chi connectivity index (χ3v) is 17.0. The van der Waals surface area contributed by atoms with Gasteiger partial charge in [0.1, 0.15) is 46.6 Å². The van der Waals surface area contributed by atoms with Gasteiger partial charge in [0.25, 0.3) is 0 Å². The molecule has 0 fully saturated rings. The SMILES string of the molecule is Cc1c(Cl)ccn1C.Cc1cccn1C.Cc1ccoc1.Cc1ccsc1C.Cc1cocc1Cl.Cc1cocn1.Cc1cscc1C.Cc1oc(CO)cc1Cl.Cc1occ(CO)c1C.Cc1sc(CO)nc1Cl.Cc1sccc1Cl. The van der Waals surface area contributed by atoms with Crippen molar-refractivity contribution in [3.8, 4) is 0 Å². The van der Waals surface area contributed by atoms with Crippen molar-refractivity contribution in [3.05, 3.63) is 239 Å². The standard InChI is InChI=1S/C7H10O2.C6H8ClN.C6H7ClO2.C6H9N.2C6H8S.C5H6ClNOS.C5H5ClO.C5H5ClS.C5H6O.C4H5NO/c1-5-6(2)9-4-7(5)3-8;1-5-6(7)3-4-8(5)2;1-4-6(7)2-5(3-8)9-4;1-6-4-3-5-7(6)2;1-5-3-7-4-6(5)2;1-5-3-4-7-6(5)2;1-3-5(6)7-4(2-8)9-3;1-4-2-7-3-5(4)6;1-4-5(6)2-3-7-4;1-5-2-3-6-4-5;1-4-2-6-3-5-4/h4,8H,3H2,1-2H3;3-4H,1-2H3;2,8H,3H2,1H3;3-5H,1-2H3;2*3-4H,1-2H3;8H,2H2,1H3;2*2-3H,1H3;2-4H,1H3;2-3H,1H3. The Morgan fingerprint density at radius 1 is 0.561 bits per heavy atom. The van der Waals surface area contributed by atoms with Gasteiger partial charge in [-0.05, 0) is 183 Å². The van der Waals surface area contributed by atoms with Crippen LogP contribution < -0.4 is 0 Å². The summed E-state index contributed by atoms with van der Waals surface area (Å²) >= 11 is 34.7. The highest BCUT2D eigenvalue weighted by Gasteiger charge is 2.04. The largest absolute Gasteiger partial charge is 0.472 e. The van der Waals surface area contributed by atoms with Crippen molar-refractivity contribution in [1.82, 2.24) is 19.1 Å². The number of oxazole rings is 1. The molecule has 11 heterocycles. The summed E-state index contributed by atoms with van der Waals surface area (Å²) in [6, 6.07) is 13.6. The molecule has 3 N–H and O–H groups in total. The highest BCUT2D eigenvalue weighted by atomic mass is 35.5. The van der Waals surface area contributed by atoms with E-state index in [9.17, 15) is 0 Å². The molecule has 0 radical (unpaired) electrons. The van der Waals surface area contributed by atoms with Crippen LogP contribution in [0.4, 0.5) is 0 Å². The minimum atomic E-state index is -0.0897. The molecule has 21 heteroatoms. The van der Waals surface area contributed by atoms with Crippen LogP contribution in [0.25, 0.3) is 0 Å². The van der Waals surface area contributed by atoms with Gasteiger partial charge in [0.15, 0.2) is 6.39 Å². The second-order valence-corrected chi connectivity index (χ2v) is 23.9. The second-order valence-electron chi connectivity index (χ2n) is 17.7. The van der Waals surface area contributed by atoms with Crippen LogP contribution >= 0.6 is 103 Å². The number of rotatable bonds is 3. The van der Waals surface area contributed by atoms with Crippen molar-refractivity contribution >= 4 is 103 Å². The van der Waals surface area contributed by atoms with Gasteiger partial charge >= 0.3 is 0 Å². The van der Waals surface area contributed by atoms with E-state index in [-0.39, 0.29) is 19.8 Å². The maximum atomic E-state index is 8.67. The van der Waals surface area contributed by atoms with Crippen molar-refractivity contribution in [1.29, 1.82) is 0 Å². The van der Waals surface area contributed by atoms with E-state index in [1.807, 2.05) is 116 Å². The van der Waals surface area contributed by atoms with Crippen molar-refractivity contribution in [2.45, 2.75) is 117 Å². The van der Waals surface area contributed by atoms with Crippen molar-refractivity contribution in [3.63, 3.8) is 0 Å². The van der Waals surface area contributed by atoms with Gasteiger partial charge in [-0.2, -0.15) is 11.3 Å². The molecule has 0 aliphatic rings. The van der Waals surface area contributed by atoms with E-state index in [0.717, 1.165) is 48.8 Å². The molecule has 12 nitrogen and oxygen atoms in total. The van der Waals surface area contributed by atoms with Gasteiger partial charge in [-0.25, -0.2) is 9.97 Å². The van der Waals surface area contributed by atoms with E-state index in [2.05, 4.69) is 81.8 Å². The number of halogens is 5. The van der Waals surface area contributed by atoms with Gasteiger partial charge in [0, 0.05) is 69.7 Å². The smallest absolute Gasteiger partial charge is 0.180 e. The summed E-state index contributed by atoms with van der Waals surface area (Å²) in [5, 5.41) is 38.3. The van der Waals surface area contributed by atoms with E-state index in [4.69, 9.17) is 91.0 Å². The number of thiophene rings is 3. The van der Waals surface area contributed by atoms with Crippen LogP contribution in [0.15, 0.2) is 142 Å². The normalized spacial score (nSPS) is 9.61. The lowest BCUT2D eigenvalue weighted by molar-refractivity contribution is 0.245. The number of thiazole rings is 1. The number of aromatic nitrogens is 4. The molecule has 11 aromatic heterocycles. The molecule has 0 unspecified atom stereocenters. The number of aryl methyl sites for hydroxylation is 14. The first-order valence-corrected chi connectivity index (χ1v) is 30.5. The molecule has 11 rings (SSSR count). The van der Waals surface area contributed by atoms with Crippen LogP contribution in [0, 0.1) is 96.9 Å². The molecule has 448 valence electrons. The Bertz CT molecular complexity index is 2890. The lowest BCUT2D eigenvalue weighted by Crippen LogP contribution is -1.85. The quantitative estimate of drug-likeness (QED) is 0.155. The van der Waals surface area contributed by atoms with E-state index in [1.54, 1.807) is 78.3 Å². The molecule has 0 amide bonds. The van der Waals surface area contributed by atoms with Gasteiger partial charge < -0.3 is 46.5 Å². The summed E-state index contributed by atoms with van der Waals surface area (Å²) in [7, 11) is 4.01. The zero-order chi connectivity index (χ0) is 61.9. The van der Waals surface area contributed by atoms with Crippen molar-refractivity contribution in [2.75, 3.05) is 0 Å². The van der Waals surface area contributed by atoms with Crippen LogP contribution in [-0.4, -0.2) is 34.4 Å². The number of hydrogen-bond donors (Lipinski definition) is 3. The molecule has 0 aliphatic heterocycles. The zero-order valence-electron chi connectivity index (χ0n) is 49.4. The molecule has 0 aromatic carbocycles. The highest BCUT2D eigenvalue weighted by molar-refractivity contribution is 7.12. The Labute approximate surface area is 525 Å². The van der Waals surface area contributed by atoms with Crippen LogP contribution in [-0.2, 0) is 33.9 Å². The third-order valence-electron chi connectivity index (χ3n) is 11.1. The molecular formula is C61H77Cl5N4O8S4. The molecule has 0 atom stereocenters. The molecular weight excluding hydrogens is 1220 g/mol. The summed E-state index contributed by atoms with van der Waals surface area (Å²) in [6.45, 7) is 27.8. The van der Waals surface area contributed by atoms with Crippen LogP contribution in [0.3, 0.4) is 0 Å². The van der Waals surface area contributed by atoms with Crippen LogP contribution in [0.1, 0.15) is 92.9 Å². The number of hydrogen-bond acceptors (Lipinski definition) is 14. The van der Waals surface area contributed by atoms with Crippen LogP contribution in [0.5, 0.6) is 0 Å². The molecule has 0 bridgehead atoms. The monoisotopic (exact) mass is 1300 g/mol. The van der Waals surface area contributed by atoms with E-state index >= 15 is 0 Å². The summed E-state index contributed by atoms with van der Waals surface area (Å²) < 4.78 is 28.1. The minimum Gasteiger partial charge on any atom is -0.472 e. The maximum Gasteiger partial charge on any atom is 0.180 e. The lowest BCUT2D eigenvalue weighted by Gasteiger charge is -1.92. The fourth-order valence-corrected chi connectivity index (χ4v) is 8.97. The van der Waals surface area contributed by atoms with Gasteiger partial charge in [-0.3, -0.25) is 0 Å². The van der Waals surface area contributed by atoms with Crippen molar-refractivity contribution in [2.24, 2.45) is 14.1 Å². The van der Waals surface area contributed by atoms with Gasteiger partial charge in [0.05, 0.1) is 64.1 Å². The first-order valence-electron chi connectivity index (χ1n) is 25.1. The predicted octanol–water partition coefficient (Wildman–Crippen LogP) is 20.3. The molecule has 82 heavy (non-hydrogen) atoms. The Morgan fingerprint density at radius 3 is 1.39 bits per heavy atom. The number of furan rings is 4. The van der Waals surface area contributed by atoms with Gasteiger partial charge in [-0.1, -0.05) is 58.0 Å². The van der Waals surface area contributed by atoms with Gasteiger partial charge in [0.2, 0.25) is 0 Å². The minimum absolute atomic E-state index is 0.0156. The average Bonchev–Trinajstić information content (AvgIpc) is 4.33. The zero-order valence-corrected chi connectivity index (χ0v) is 56.4. The summed E-state index contributed by atoms with van der Waals surface area (Å²) in [6.07, 6.45) is 15.1. The summed E-state index contributed by atoms with van der Waals surface area (Å²) in [5.41, 5.74) is 11.7. The Kier molecular flexibility index (Phi) is 38.3. The lowest BCUT2D eigenvalue weighted by atomic mass is 10.2. The van der Waals surface area contributed by atoms with E-state index in [0.29, 0.717) is 31.7 Å². The Balaban J connectivity index is 0.000000452. The molecule has 0 saturated carbocycles. The second kappa shape index (κ2) is 41.9. The topological polar surface area (TPSA) is 162 Å². The molecule has 0 spiro atoms. The van der Waals surface area contributed by atoms with Crippen molar-refractivity contribution < 1.29 is 37.4 Å². The summed E-state index contributed by atoms with van der Waals surface area (Å²) in [5.74, 6) is 2.05. The molecule has 11 aromatic rings. The summed E-state index contributed by atoms with van der Waals surface area (Å²) in [4.78, 5) is 11.2. The van der Waals surface area contributed by atoms with E-state index in [1.165, 1.54) is 61.7 Å². The maximum absolute atomic E-state index is 8.67. The molecule has 0 saturated heterocycles. The fraction of sp³-hybridized carbons (Fsp3) is 0.311. The highest BCUT2D eigenvalue weighted by Crippen LogP contribution is 2.22. The van der Waals surface area contributed by atoms with E-state index < -0.39 is 0 Å². The predicted molar refractivity (Wildman–Crippen MR) is 346 cm³/mol. The first kappa shape index (κ1) is 75.0. The fourth-order valence-electron chi connectivity index (χ4n) is 5.13. The number of nitrogens with zero attached hydrogens (tertiary/aromatic N) is 4. The third kappa shape index (κ3) is 31.0. The molecule has 0 aliphatic carbocycles. The Morgan fingerprint density at radius 2 is 1.22 bits per heavy atom. The number of aliphatic hydroxyl groups is 3. The number of aliphatic hydroxyl groups excluding tert-OH is 3. The van der Waals surface area contributed by atoms with Crippen LogP contribution in [0.2, 0.25) is 25.2 Å². The first-order chi connectivity index (χ1) is 38.8. The Hall–Kier alpha value is -5.05. The van der Waals surface area contributed by atoms with Gasteiger partial charge in [-0.15, -0.1) is 34.0 Å². The average molecular weight is 1300 g/mol.